The minimum atomic E-state index is -0.705. The van der Waals surface area contributed by atoms with Crippen molar-refractivity contribution in [2.24, 2.45) is 5.41 Å². The zero-order valence-electron chi connectivity index (χ0n) is 8.86. The van der Waals surface area contributed by atoms with E-state index in [1.165, 1.54) is 0 Å². The van der Waals surface area contributed by atoms with Crippen molar-refractivity contribution in [2.75, 3.05) is 7.11 Å². The van der Waals surface area contributed by atoms with Crippen LogP contribution in [0.5, 0.6) is 5.75 Å². The van der Waals surface area contributed by atoms with Crippen LogP contribution in [0.15, 0.2) is 24.3 Å². The first-order valence-electron chi connectivity index (χ1n) is 4.95. The highest BCUT2D eigenvalue weighted by molar-refractivity contribution is 5.80. The van der Waals surface area contributed by atoms with Crippen LogP contribution in [-0.2, 0) is 4.79 Å². The molecule has 0 bridgehead atoms. The van der Waals surface area contributed by atoms with E-state index >= 15 is 0 Å². The lowest BCUT2D eigenvalue weighted by Crippen LogP contribution is -2.12. The fourth-order valence-corrected chi connectivity index (χ4v) is 1.92. The molecule has 1 N–H and O–H groups in total. The Morgan fingerprint density at radius 1 is 1.47 bits per heavy atom. The van der Waals surface area contributed by atoms with Crippen molar-refractivity contribution >= 4 is 5.97 Å². The highest BCUT2D eigenvalue weighted by atomic mass is 16.5. The maximum Gasteiger partial charge on any atom is 0.309 e. The smallest absolute Gasteiger partial charge is 0.309 e. The van der Waals surface area contributed by atoms with Gasteiger partial charge in [-0.1, -0.05) is 12.1 Å². The summed E-state index contributed by atoms with van der Waals surface area (Å²) in [5.41, 5.74) is 0.523. The number of methoxy groups -OCH3 is 1. The Labute approximate surface area is 88.7 Å². The largest absolute Gasteiger partial charge is 0.497 e. The summed E-state index contributed by atoms with van der Waals surface area (Å²) in [5.74, 6) is 0.251. The highest BCUT2D eigenvalue weighted by Crippen LogP contribution is 2.59. The van der Waals surface area contributed by atoms with Crippen molar-refractivity contribution in [3.63, 3.8) is 0 Å². The van der Waals surface area contributed by atoms with Gasteiger partial charge in [0.05, 0.1) is 12.5 Å². The first-order valence-corrected chi connectivity index (χ1v) is 4.95. The molecule has 0 unspecified atom stereocenters. The summed E-state index contributed by atoms with van der Waals surface area (Å²) < 4.78 is 5.05. The number of carboxylic acids is 1. The third-order valence-electron chi connectivity index (χ3n) is 3.24. The van der Waals surface area contributed by atoms with Gasteiger partial charge in [0.15, 0.2) is 0 Å². The van der Waals surface area contributed by atoms with Gasteiger partial charge in [-0.05, 0) is 31.0 Å². The minimum absolute atomic E-state index is 0.154. The third-order valence-corrected chi connectivity index (χ3v) is 3.24. The van der Waals surface area contributed by atoms with Crippen LogP contribution >= 0.6 is 0 Å². The predicted molar refractivity (Wildman–Crippen MR) is 56.1 cm³/mol. The van der Waals surface area contributed by atoms with Crippen molar-refractivity contribution in [3.8, 4) is 5.75 Å². The Hall–Kier alpha value is -1.51. The molecular weight excluding hydrogens is 192 g/mol. The number of ether oxygens (including phenoxy) is 1. The Balaban J connectivity index is 2.16. The van der Waals surface area contributed by atoms with E-state index in [-0.39, 0.29) is 5.92 Å². The molecule has 0 aliphatic heterocycles. The molecule has 0 heterocycles. The Morgan fingerprint density at radius 3 is 2.47 bits per heavy atom. The molecule has 1 aliphatic rings. The van der Waals surface area contributed by atoms with Crippen LogP contribution in [-0.4, -0.2) is 18.2 Å². The monoisotopic (exact) mass is 206 g/mol. The second kappa shape index (κ2) is 3.26. The summed E-state index contributed by atoms with van der Waals surface area (Å²) in [7, 11) is 1.62. The molecule has 1 aliphatic carbocycles. The summed E-state index contributed by atoms with van der Waals surface area (Å²) in [6.07, 6.45) is 0.731. The normalized spacial score (nSPS) is 28.5. The zero-order chi connectivity index (χ0) is 11.1. The van der Waals surface area contributed by atoms with Gasteiger partial charge in [-0.15, -0.1) is 0 Å². The topological polar surface area (TPSA) is 46.5 Å². The molecule has 3 nitrogen and oxygen atoms in total. The van der Waals surface area contributed by atoms with Crippen LogP contribution < -0.4 is 4.74 Å². The van der Waals surface area contributed by atoms with E-state index in [9.17, 15) is 4.79 Å². The third kappa shape index (κ3) is 1.58. The van der Waals surface area contributed by atoms with Crippen molar-refractivity contribution in [1.82, 2.24) is 0 Å². The maximum absolute atomic E-state index is 11.0. The van der Waals surface area contributed by atoms with Gasteiger partial charge < -0.3 is 9.84 Å². The van der Waals surface area contributed by atoms with Crippen LogP contribution in [0, 0.1) is 5.41 Å². The molecule has 3 heteroatoms. The molecule has 1 saturated carbocycles. The lowest BCUT2D eigenvalue weighted by molar-refractivity contribution is -0.142. The van der Waals surface area contributed by atoms with Crippen molar-refractivity contribution in [2.45, 2.75) is 19.3 Å². The molecule has 0 amide bonds. The first kappa shape index (κ1) is 10.0. The van der Waals surface area contributed by atoms with Crippen LogP contribution in [0.1, 0.15) is 24.8 Å². The number of carbonyl (C=O) groups is 1. The van der Waals surface area contributed by atoms with E-state index in [1.54, 1.807) is 14.0 Å². The molecule has 1 aromatic carbocycles. The van der Waals surface area contributed by atoms with E-state index in [1.807, 2.05) is 24.3 Å². The SMILES string of the molecule is COc1ccc([C@H]2C[C@]2(C)C(=O)O)cc1. The second-order valence-electron chi connectivity index (χ2n) is 4.25. The molecule has 15 heavy (non-hydrogen) atoms. The van der Waals surface area contributed by atoms with Gasteiger partial charge in [-0.25, -0.2) is 0 Å². The van der Waals surface area contributed by atoms with Gasteiger partial charge in [0.1, 0.15) is 5.75 Å². The number of rotatable bonds is 3. The fraction of sp³-hybridized carbons (Fsp3) is 0.417. The van der Waals surface area contributed by atoms with E-state index < -0.39 is 11.4 Å². The second-order valence-corrected chi connectivity index (χ2v) is 4.25. The van der Waals surface area contributed by atoms with Crippen LogP contribution in [0.4, 0.5) is 0 Å². The number of aliphatic carboxylic acids is 1. The molecule has 0 spiro atoms. The van der Waals surface area contributed by atoms with Crippen LogP contribution in [0.25, 0.3) is 0 Å². The quantitative estimate of drug-likeness (QED) is 0.825. The van der Waals surface area contributed by atoms with Gasteiger partial charge in [0, 0.05) is 5.92 Å². The zero-order valence-corrected chi connectivity index (χ0v) is 8.86. The Bertz CT molecular complexity index is 382. The van der Waals surface area contributed by atoms with Crippen molar-refractivity contribution < 1.29 is 14.6 Å². The molecular formula is C12H14O3. The average molecular weight is 206 g/mol. The van der Waals surface area contributed by atoms with Crippen molar-refractivity contribution in [1.29, 1.82) is 0 Å². The van der Waals surface area contributed by atoms with Gasteiger partial charge in [0.2, 0.25) is 0 Å². The molecule has 80 valence electrons. The first-order chi connectivity index (χ1) is 7.08. The summed E-state index contributed by atoms with van der Waals surface area (Å²) in [6.45, 7) is 1.80. The molecule has 1 fully saturated rings. The Morgan fingerprint density at radius 2 is 2.07 bits per heavy atom. The maximum atomic E-state index is 11.0. The molecule has 0 aromatic heterocycles. The van der Waals surface area contributed by atoms with Crippen LogP contribution in [0.2, 0.25) is 0 Å². The van der Waals surface area contributed by atoms with E-state index in [4.69, 9.17) is 9.84 Å². The molecule has 2 atom stereocenters. The number of hydrogen-bond donors (Lipinski definition) is 1. The number of carboxylic acid groups (broad SMARTS) is 1. The van der Waals surface area contributed by atoms with Gasteiger partial charge in [-0.3, -0.25) is 4.79 Å². The van der Waals surface area contributed by atoms with Crippen molar-refractivity contribution in [3.05, 3.63) is 29.8 Å². The summed E-state index contributed by atoms with van der Waals surface area (Å²) >= 11 is 0. The summed E-state index contributed by atoms with van der Waals surface area (Å²) in [4.78, 5) is 11.0. The summed E-state index contributed by atoms with van der Waals surface area (Å²) in [6, 6.07) is 7.63. The van der Waals surface area contributed by atoms with Gasteiger partial charge >= 0.3 is 5.97 Å². The summed E-state index contributed by atoms with van der Waals surface area (Å²) in [5, 5.41) is 9.02. The van der Waals surface area contributed by atoms with E-state index in [0.29, 0.717) is 0 Å². The predicted octanol–water partition coefficient (Wildman–Crippen LogP) is 2.27. The molecule has 2 rings (SSSR count). The van der Waals surface area contributed by atoms with Crippen LogP contribution in [0.3, 0.4) is 0 Å². The number of hydrogen-bond acceptors (Lipinski definition) is 2. The molecule has 0 saturated heterocycles. The molecule has 1 aromatic rings. The molecule has 0 radical (unpaired) electrons. The lowest BCUT2D eigenvalue weighted by atomic mass is 10.0. The lowest BCUT2D eigenvalue weighted by Gasteiger charge is -2.06. The van der Waals surface area contributed by atoms with Gasteiger partial charge in [-0.2, -0.15) is 0 Å². The van der Waals surface area contributed by atoms with Gasteiger partial charge in [0.25, 0.3) is 0 Å². The Kier molecular flexibility index (Phi) is 2.18. The average Bonchev–Trinajstić information content (AvgIpc) is 2.93. The highest BCUT2D eigenvalue weighted by Gasteiger charge is 2.56. The standard InChI is InChI=1S/C12H14O3/c1-12(11(13)14)7-10(12)8-3-5-9(15-2)6-4-8/h3-6,10H,7H2,1-2H3,(H,13,14)/t10-,12+/m1/s1. The minimum Gasteiger partial charge on any atom is -0.497 e. The van der Waals surface area contributed by atoms with E-state index in [0.717, 1.165) is 17.7 Å². The van der Waals surface area contributed by atoms with E-state index in [2.05, 4.69) is 0 Å². The fourth-order valence-electron chi connectivity index (χ4n) is 1.92. The number of benzene rings is 1.